The molecule has 1 N–H and O–H groups in total. The fourth-order valence-corrected chi connectivity index (χ4v) is 2.49. The first-order valence-corrected chi connectivity index (χ1v) is 7.64. The molecule has 0 saturated heterocycles. The third kappa shape index (κ3) is 3.10. The van der Waals surface area contributed by atoms with Gasteiger partial charge in [-0.3, -0.25) is 4.68 Å². The van der Waals surface area contributed by atoms with Crippen molar-refractivity contribution in [2.45, 2.75) is 20.4 Å². The maximum Gasteiger partial charge on any atom is 0.167 e. The molecule has 6 nitrogen and oxygen atoms in total. The van der Waals surface area contributed by atoms with Crippen LogP contribution < -0.4 is 5.32 Å². The van der Waals surface area contributed by atoms with Gasteiger partial charge < -0.3 is 5.32 Å². The lowest BCUT2D eigenvalue weighted by Gasteiger charge is -2.10. The summed E-state index contributed by atoms with van der Waals surface area (Å²) in [6, 6.07) is 10.4. The Morgan fingerprint density at radius 2 is 2.04 bits per heavy atom. The zero-order valence-electron chi connectivity index (χ0n) is 13.9. The second kappa shape index (κ2) is 6.50. The largest absolute Gasteiger partial charge is 0.363 e. The van der Waals surface area contributed by atoms with Crippen LogP contribution in [0.5, 0.6) is 0 Å². The number of benzene rings is 1. The predicted molar refractivity (Wildman–Crippen MR) is 92.2 cm³/mol. The molecule has 3 rings (SSSR count). The van der Waals surface area contributed by atoms with E-state index >= 15 is 0 Å². The molecule has 0 aliphatic carbocycles. The molecular weight excluding hydrogens is 300 g/mol. The van der Waals surface area contributed by atoms with E-state index in [-0.39, 0.29) is 0 Å². The maximum absolute atomic E-state index is 9.35. The van der Waals surface area contributed by atoms with Crippen molar-refractivity contribution in [3.05, 3.63) is 59.0 Å². The standard InChI is InChI=1S/C18H18N6/c1-12-13(2)22-23-18(17(12)8-19)20-9-14-5-4-6-15(7-14)16-10-21-24(3)11-16/h4-7,10-11H,9H2,1-3H3,(H,20,23). The maximum atomic E-state index is 9.35. The van der Waals surface area contributed by atoms with Crippen molar-refractivity contribution < 1.29 is 0 Å². The molecule has 0 radical (unpaired) electrons. The summed E-state index contributed by atoms with van der Waals surface area (Å²) in [6.45, 7) is 4.31. The van der Waals surface area contributed by atoms with E-state index in [4.69, 9.17) is 0 Å². The minimum Gasteiger partial charge on any atom is -0.363 e. The fourth-order valence-electron chi connectivity index (χ4n) is 2.49. The van der Waals surface area contributed by atoms with Gasteiger partial charge in [0, 0.05) is 25.4 Å². The van der Waals surface area contributed by atoms with Crippen LogP contribution in [0.15, 0.2) is 36.7 Å². The number of aryl methyl sites for hydroxylation is 2. The van der Waals surface area contributed by atoms with Crippen LogP contribution in [0.1, 0.15) is 22.4 Å². The number of hydrogen-bond donors (Lipinski definition) is 1. The Hall–Kier alpha value is -3.20. The highest BCUT2D eigenvalue weighted by Crippen LogP contribution is 2.21. The molecule has 2 heterocycles. The second-order valence-corrected chi connectivity index (χ2v) is 5.70. The average molecular weight is 318 g/mol. The number of nitrogens with zero attached hydrogens (tertiary/aromatic N) is 5. The van der Waals surface area contributed by atoms with Crippen molar-refractivity contribution in [1.29, 1.82) is 5.26 Å². The molecule has 0 unspecified atom stereocenters. The van der Waals surface area contributed by atoms with Crippen LogP contribution >= 0.6 is 0 Å². The SMILES string of the molecule is Cc1nnc(NCc2cccc(-c3cnn(C)c3)c2)c(C#N)c1C. The summed E-state index contributed by atoms with van der Waals surface area (Å²) in [7, 11) is 1.90. The van der Waals surface area contributed by atoms with Gasteiger partial charge in [-0.25, -0.2) is 0 Å². The van der Waals surface area contributed by atoms with Crippen molar-refractivity contribution in [1.82, 2.24) is 20.0 Å². The van der Waals surface area contributed by atoms with Gasteiger partial charge in [-0.1, -0.05) is 18.2 Å². The van der Waals surface area contributed by atoms with Crippen molar-refractivity contribution in [2.24, 2.45) is 7.05 Å². The van der Waals surface area contributed by atoms with Crippen LogP contribution in [-0.2, 0) is 13.6 Å². The van der Waals surface area contributed by atoms with Crippen LogP contribution in [0, 0.1) is 25.2 Å². The molecule has 0 spiro atoms. The molecule has 6 heteroatoms. The number of nitrogens with one attached hydrogen (secondary N) is 1. The molecule has 2 aromatic heterocycles. The molecule has 0 bridgehead atoms. The summed E-state index contributed by atoms with van der Waals surface area (Å²) < 4.78 is 1.78. The lowest BCUT2D eigenvalue weighted by Crippen LogP contribution is -2.07. The monoisotopic (exact) mass is 318 g/mol. The number of aromatic nitrogens is 4. The Morgan fingerprint density at radius 3 is 2.75 bits per heavy atom. The third-order valence-electron chi connectivity index (χ3n) is 3.99. The van der Waals surface area contributed by atoms with Gasteiger partial charge in [-0.15, -0.1) is 5.10 Å². The topological polar surface area (TPSA) is 79.4 Å². The predicted octanol–water partition coefficient (Wildman–Crippen LogP) is 2.98. The Balaban J connectivity index is 1.81. The molecule has 0 amide bonds. The molecule has 1 aromatic carbocycles. The van der Waals surface area contributed by atoms with Gasteiger partial charge in [0.15, 0.2) is 5.82 Å². The Bertz CT molecular complexity index is 919. The van der Waals surface area contributed by atoms with Gasteiger partial charge in [0.2, 0.25) is 0 Å². The smallest absolute Gasteiger partial charge is 0.167 e. The lowest BCUT2D eigenvalue weighted by molar-refractivity contribution is 0.768. The first kappa shape index (κ1) is 15.7. The summed E-state index contributed by atoms with van der Waals surface area (Å²) >= 11 is 0. The minimum absolute atomic E-state index is 0.521. The summed E-state index contributed by atoms with van der Waals surface area (Å²) in [6.07, 6.45) is 3.82. The van der Waals surface area contributed by atoms with Crippen molar-refractivity contribution in [3.8, 4) is 17.2 Å². The molecule has 0 atom stereocenters. The number of nitriles is 1. The van der Waals surface area contributed by atoms with Crippen molar-refractivity contribution in [3.63, 3.8) is 0 Å². The van der Waals surface area contributed by atoms with E-state index in [2.05, 4.69) is 38.8 Å². The van der Waals surface area contributed by atoms with Crippen LogP contribution in [0.2, 0.25) is 0 Å². The molecule has 0 fully saturated rings. The highest BCUT2D eigenvalue weighted by molar-refractivity contribution is 5.63. The highest BCUT2D eigenvalue weighted by Gasteiger charge is 2.10. The van der Waals surface area contributed by atoms with Crippen LogP contribution in [0.3, 0.4) is 0 Å². The number of hydrogen-bond acceptors (Lipinski definition) is 5. The lowest BCUT2D eigenvalue weighted by atomic mass is 10.1. The van der Waals surface area contributed by atoms with Gasteiger partial charge >= 0.3 is 0 Å². The minimum atomic E-state index is 0.521. The Morgan fingerprint density at radius 1 is 1.21 bits per heavy atom. The number of rotatable bonds is 4. The van der Waals surface area contributed by atoms with E-state index in [1.54, 1.807) is 4.68 Å². The zero-order chi connectivity index (χ0) is 17.1. The molecular formula is C18H18N6. The average Bonchev–Trinajstić information content (AvgIpc) is 3.03. The van der Waals surface area contributed by atoms with E-state index in [9.17, 15) is 5.26 Å². The molecule has 0 saturated carbocycles. The molecule has 0 aliphatic heterocycles. The van der Waals surface area contributed by atoms with E-state index in [0.29, 0.717) is 17.9 Å². The first-order chi connectivity index (χ1) is 11.6. The van der Waals surface area contributed by atoms with E-state index in [1.807, 2.05) is 45.4 Å². The van der Waals surface area contributed by atoms with Gasteiger partial charge in [-0.05, 0) is 36.6 Å². The van der Waals surface area contributed by atoms with E-state index < -0.39 is 0 Å². The third-order valence-corrected chi connectivity index (χ3v) is 3.99. The zero-order valence-corrected chi connectivity index (χ0v) is 13.9. The molecule has 120 valence electrons. The Labute approximate surface area is 140 Å². The number of anilines is 1. The summed E-state index contributed by atoms with van der Waals surface area (Å²) in [4.78, 5) is 0. The normalized spacial score (nSPS) is 10.4. The molecule has 3 aromatic rings. The van der Waals surface area contributed by atoms with Gasteiger partial charge in [-0.2, -0.15) is 15.5 Å². The summed E-state index contributed by atoms with van der Waals surface area (Å²) in [5.41, 5.74) is 5.46. The van der Waals surface area contributed by atoms with E-state index in [0.717, 1.165) is 27.9 Å². The van der Waals surface area contributed by atoms with Crippen molar-refractivity contribution in [2.75, 3.05) is 5.32 Å². The van der Waals surface area contributed by atoms with Crippen molar-refractivity contribution >= 4 is 5.82 Å². The summed E-state index contributed by atoms with van der Waals surface area (Å²) in [5, 5.41) is 25.0. The molecule has 24 heavy (non-hydrogen) atoms. The second-order valence-electron chi connectivity index (χ2n) is 5.70. The first-order valence-electron chi connectivity index (χ1n) is 7.64. The van der Waals surface area contributed by atoms with Gasteiger partial charge in [0.1, 0.15) is 11.6 Å². The van der Waals surface area contributed by atoms with Gasteiger partial charge in [0.25, 0.3) is 0 Å². The fraction of sp³-hybridized carbons (Fsp3) is 0.222. The highest BCUT2D eigenvalue weighted by atomic mass is 15.2. The van der Waals surface area contributed by atoms with E-state index in [1.165, 1.54) is 0 Å². The quantitative estimate of drug-likeness (QED) is 0.800. The van der Waals surface area contributed by atoms with Crippen LogP contribution in [-0.4, -0.2) is 20.0 Å². The molecule has 0 aliphatic rings. The Kier molecular flexibility index (Phi) is 4.25. The van der Waals surface area contributed by atoms with Crippen LogP contribution in [0.4, 0.5) is 5.82 Å². The van der Waals surface area contributed by atoms with Crippen LogP contribution in [0.25, 0.3) is 11.1 Å². The van der Waals surface area contributed by atoms with Gasteiger partial charge in [0.05, 0.1) is 11.9 Å². The summed E-state index contributed by atoms with van der Waals surface area (Å²) in [5.74, 6) is 0.521.